The Bertz CT molecular complexity index is 637. The number of hydrogen-bond acceptors (Lipinski definition) is 2. The van der Waals surface area contributed by atoms with Crippen LogP contribution in [0.3, 0.4) is 0 Å². The Morgan fingerprint density at radius 2 is 1.86 bits per heavy atom. The Balaban J connectivity index is 2.18. The number of nitrogens with zero attached hydrogens (tertiary/aromatic N) is 1. The molecule has 1 atom stereocenters. The van der Waals surface area contributed by atoms with Crippen molar-refractivity contribution in [1.29, 1.82) is 0 Å². The number of carbonyl (C=O) groups excluding carboxylic acids is 1. The average Bonchev–Trinajstić information content (AvgIpc) is 2.54. The number of amides is 1. The molecule has 0 saturated heterocycles. The van der Waals surface area contributed by atoms with Crippen molar-refractivity contribution >= 4 is 11.6 Å². The number of benzene rings is 2. The van der Waals surface area contributed by atoms with Gasteiger partial charge in [0.15, 0.2) is 0 Å². The molecule has 0 aliphatic heterocycles. The molecule has 0 heterocycles. The first-order chi connectivity index (χ1) is 10.5. The van der Waals surface area contributed by atoms with Gasteiger partial charge in [-0.15, -0.1) is 0 Å². The fourth-order valence-electron chi connectivity index (χ4n) is 2.67. The molecule has 1 amide bonds. The molecule has 0 aromatic heterocycles. The second-order valence-electron chi connectivity index (χ2n) is 5.74. The summed E-state index contributed by atoms with van der Waals surface area (Å²) >= 11 is 0. The highest BCUT2D eigenvalue weighted by atomic mass is 16.2. The first-order valence-electron chi connectivity index (χ1n) is 7.70. The lowest BCUT2D eigenvalue weighted by Gasteiger charge is -2.28. The fraction of sp³-hybridized carbons (Fsp3) is 0.316. The molecular weight excluding hydrogens is 272 g/mol. The Labute approximate surface area is 132 Å². The number of likely N-dealkylation sites (N-methyl/N-ethyl adjacent to an activating group) is 1. The van der Waals surface area contributed by atoms with E-state index in [1.54, 1.807) is 6.07 Å². The summed E-state index contributed by atoms with van der Waals surface area (Å²) in [6, 6.07) is 16.0. The summed E-state index contributed by atoms with van der Waals surface area (Å²) < 4.78 is 0. The van der Waals surface area contributed by atoms with Crippen molar-refractivity contribution in [3.05, 3.63) is 65.2 Å². The number of aryl methyl sites for hydroxylation is 1. The van der Waals surface area contributed by atoms with Crippen LogP contribution in [0.2, 0.25) is 0 Å². The highest BCUT2D eigenvalue weighted by Gasteiger charge is 2.21. The van der Waals surface area contributed by atoms with E-state index < -0.39 is 0 Å². The van der Waals surface area contributed by atoms with Gasteiger partial charge in [0, 0.05) is 24.3 Å². The van der Waals surface area contributed by atoms with Crippen molar-refractivity contribution in [2.45, 2.75) is 32.7 Å². The molecule has 2 N–H and O–H groups in total. The predicted molar refractivity (Wildman–Crippen MR) is 91.9 cm³/mol. The number of nitrogens with two attached hydrogens (primary N) is 1. The van der Waals surface area contributed by atoms with Gasteiger partial charge in [0.2, 0.25) is 0 Å². The monoisotopic (exact) mass is 296 g/mol. The molecule has 0 aliphatic carbocycles. The van der Waals surface area contributed by atoms with E-state index in [1.165, 1.54) is 5.56 Å². The zero-order chi connectivity index (χ0) is 16.1. The van der Waals surface area contributed by atoms with Crippen LogP contribution in [-0.2, 0) is 6.42 Å². The quantitative estimate of drug-likeness (QED) is 0.856. The van der Waals surface area contributed by atoms with Crippen molar-refractivity contribution in [2.75, 3.05) is 12.8 Å². The minimum Gasteiger partial charge on any atom is -0.399 e. The van der Waals surface area contributed by atoms with Gasteiger partial charge < -0.3 is 10.6 Å². The van der Waals surface area contributed by atoms with Gasteiger partial charge in [-0.05, 0) is 43.0 Å². The minimum atomic E-state index is 0.0348. The van der Waals surface area contributed by atoms with E-state index in [-0.39, 0.29) is 11.9 Å². The van der Waals surface area contributed by atoms with Crippen LogP contribution >= 0.6 is 0 Å². The summed E-state index contributed by atoms with van der Waals surface area (Å²) in [5.41, 5.74) is 9.35. The summed E-state index contributed by atoms with van der Waals surface area (Å²) in [5.74, 6) is 0.0348. The zero-order valence-electron chi connectivity index (χ0n) is 13.5. The predicted octanol–water partition coefficient (Wildman–Crippen LogP) is 3.67. The zero-order valence-corrected chi connectivity index (χ0v) is 13.5. The normalized spacial score (nSPS) is 12.0. The highest BCUT2D eigenvalue weighted by Crippen LogP contribution is 2.18. The summed E-state index contributed by atoms with van der Waals surface area (Å²) in [4.78, 5) is 14.6. The molecule has 0 bridgehead atoms. The number of hydrogen-bond donors (Lipinski definition) is 1. The molecule has 1 unspecified atom stereocenters. The maximum absolute atomic E-state index is 12.8. The maximum Gasteiger partial charge on any atom is 0.254 e. The Morgan fingerprint density at radius 3 is 2.50 bits per heavy atom. The molecule has 0 aliphatic rings. The van der Waals surface area contributed by atoms with Crippen LogP contribution in [0.4, 0.5) is 5.69 Å². The Kier molecular flexibility index (Phi) is 5.21. The van der Waals surface area contributed by atoms with Crippen molar-refractivity contribution < 1.29 is 4.79 Å². The summed E-state index contributed by atoms with van der Waals surface area (Å²) in [6.45, 7) is 4.06. The van der Waals surface area contributed by atoms with Crippen molar-refractivity contribution in [2.24, 2.45) is 0 Å². The lowest BCUT2D eigenvalue weighted by molar-refractivity contribution is 0.0726. The maximum atomic E-state index is 12.8. The second-order valence-corrected chi connectivity index (χ2v) is 5.74. The van der Waals surface area contributed by atoms with Gasteiger partial charge in [0.05, 0.1) is 0 Å². The molecule has 0 fully saturated rings. The van der Waals surface area contributed by atoms with Crippen molar-refractivity contribution in [1.82, 2.24) is 4.90 Å². The molecule has 0 radical (unpaired) electrons. The summed E-state index contributed by atoms with van der Waals surface area (Å²) in [5, 5.41) is 0. The van der Waals surface area contributed by atoms with Gasteiger partial charge in [0.25, 0.3) is 5.91 Å². The lowest BCUT2D eigenvalue weighted by Crippen LogP contribution is -2.38. The molecule has 3 nitrogen and oxygen atoms in total. The number of rotatable bonds is 5. The van der Waals surface area contributed by atoms with E-state index >= 15 is 0 Å². The lowest BCUT2D eigenvalue weighted by atomic mass is 10.0. The highest BCUT2D eigenvalue weighted by molar-refractivity contribution is 5.96. The standard InChI is InChI=1S/C19H24N2O/c1-4-17(12-15-8-6-5-7-9-15)21(3)19(22)18-13-16(20)11-10-14(18)2/h5-11,13,17H,4,12,20H2,1-3H3. The molecule has 3 heteroatoms. The fourth-order valence-corrected chi connectivity index (χ4v) is 2.67. The summed E-state index contributed by atoms with van der Waals surface area (Å²) in [6.07, 6.45) is 1.78. The molecule has 2 aromatic carbocycles. The third kappa shape index (κ3) is 3.67. The SMILES string of the molecule is CCC(Cc1ccccc1)N(C)C(=O)c1cc(N)ccc1C. The topological polar surface area (TPSA) is 46.3 Å². The molecule has 22 heavy (non-hydrogen) atoms. The number of anilines is 1. The number of nitrogen functional groups attached to an aromatic ring is 1. The number of carbonyl (C=O) groups is 1. The van der Waals surface area contributed by atoms with Crippen LogP contribution in [0.1, 0.15) is 34.8 Å². The van der Waals surface area contributed by atoms with Crippen LogP contribution in [0.25, 0.3) is 0 Å². The average molecular weight is 296 g/mol. The third-order valence-electron chi connectivity index (χ3n) is 4.15. The smallest absolute Gasteiger partial charge is 0.254 e. The molecule has 0 saturated carbocycles. The van der Waals surface area contributed by atoms with Crippen molar-refractivity contribution in [3.63, 3.8) is 0 Å². The third-order valence-corrected chi connectivity index (χ3v) is 4.15. The first-order valence-corrected chi connectivity index (χ1v) is 7.70. The van der Waals surface area contributed by atoms with Gasteiger partial charge in [-0.25, -0.2) is 0 Å². The van der Waals surface area contributed by atoms with Gasteiger partial charge >= 0.3 is 0 Å². The van der Waals surface area contributed by atoms with Crippen LogP contribution in [0.15, 0.2) is 48.5 Å². The molecule has 0 spiro atoms. The van der Waals surface area contributed by atoms with Gasteiger partial charge in [-0.3, -0.25) is 4.79 Å². The summed E-state index contributed by atoms with van der Waals surface area (Å²) in [7, 11) is 1.88. The second kappa shape index (κ2) is 7.12. The van der Waals surface area contributed by atoms with E-state index in [4.69, 9.17) is 5.73 Å². The Hall–Kier alpha value is -2.29. The van der Waals surface area contributed by atoms with Crippen LogP contribution < -0.4 is 5.73 Å². The Morgan fingerprint density at radius 1 is 1.18 bits per heavy atom. The largest absolute Gasteiger partial charge is 0.399 e. The van der Waals surface area contributed by atoms with Crippen LogP contribution in [0, 0.1) is 6.92 Å². The molecule has 2 rings (SSSR count). The van der Waals surface area contributed by atoms with Crippen LogP contribution in [-0.4, -0.2) is 23.9 Å². The van der Waals surface area contributed by atoms with Gasteiger partial charge in [-0.1, -0.05) is 43.3 Å². The van der Waals surface area contributed by atoms with E-state index in [0.717, 1.165) is 18.4 Å². The minimum absolute atomic E-state index is 0.0348. The molecular formula is C19H24N2O. The van der Waals surface area contributed by atoms with E-state index in [0.29, 0.717) is 11.3 Å². The van der Waals surface area contributed by atoms with Gasteiger partial charge in [-0.2, -0.15) is 0 Å². The van der Waals surface area contributed by atoms with Crippen molar-refractivity contribution in [3.8, 4) is 0 Å². The molecule has 2 aromatic rings. The molecule has 116 valence electrons. The van der Waals surface area contributed by atoms with Crippen LogP contribution in [0.5, 0.6) is 0 Å². The van der Waals surface area contributed by atoms with Gasteiger partial charge in [0.1, 0.15) is 0 Å². The first kappa shape index (κ1) is 16.1. The van der Waals surface area contributed by atoms with E-state index in [9.17, 15) is 4.79 Å². The van der Waals surface area contributed by atoms with E-state index in [1.807, 2.05) is 49.2 Å². The van der Waals surface area contributed by atoms with E-state index in [2.05, 4.69) is 19.1 Å².